The molecule has 1 atom stereocenters. The first kappa shape index (κ1) is 11.3. The first-order chi connectivity index (χ1) is 7.52. The van der Waals surface area contributed by atoms with Crippen LogP contribution in [0, 0.1) is 0 Å². The topological polar surface area (TPSA) is 21.8 Å². The molecule has 0 radical (unpaired) electrons. The van der Waals surface area contributed by atoms with Crippen molar-refractivity contribution in [2.24, 2.45) is 0 Å². The zero-order valence-corrected chi connectivity index (χ0v) is 8.67. The molecule has 1 heterocycles. The Morgan fingerprint density at radius 1 is 1.44 bits per heavy atom. The van der Waals surface area contributed by atoms with E-state index in [4.69, 9.17) is 9.47 Å². The molecule has 0 saturated carbocycles. The highest BCUT2D eigenvalue weighted by Gasteiger charge is 2.36. The van der Waals surface area contributed by atoms with E-state index < -0.39 is 11.7 Å². The van der Waals surface area contributed by atoms with Crippen LogP contribution in [0.25, 0.3) is 0 Å². The summed E-state index contributed by atoms with van der Waals surface area (Å²) in [6.45, 7) is 0.611. The predicted octanol–water partition coefficient (Wildman–Crippen LogP) is 2.66. The van der Waals surface area contributed by atoms with Crippen LogP contribution in [0.4, 0.5) is 13.2 Å². The highest BCUT2D eigenvalue weighted by Crippen LogP contribution is 2.38. The Morgan fingerprint density at radius 3 is 2.62 bits per heavy atom. The average Bonchev–Trinajstić information content (AvgIpc) is 3.00. The van der Waals surface area contributed by atoms with Gasteiger partial charge in [0.05, 0.1) is 25.4 Å². The van der Waals surface area contributed by atoms with E-state index in [0.717, 1.165) is 6.07 Å². The van der Waals surface area contributed by atoms with Gasteiger partial charge in [0.25, 0.3) is 0 Å². The maximum atomic E-state index is 12.7. The van der Waals surface area contributed by atoms with Gasteiger partial charge in [-0.3, -0.25) is 0 Å². The molecule has 88 valence electrons. The summed E-state index contributed by atoms with van der Waals surface area (Å²) in [6, 6.07) is 4.05. The van der Waals surface area contributed by atoms with Gasteiger partial charge in [-0.05, 0) is 11.6 Å². The van der Waals surface area contributed by atoms with E-state index in [2.05, 4.69) is 0 Å². The van der Waals surface area contributed by atoms with Crippen molar-refractivity contribution < 1.29 is 22.6 Å². The molecule has 1 saturated heterocycles. The lowest BCUT2D eigenvalue weighted by atomic mass is 10.0. The molecule has 1 aromatic rings. The second-order valence-electron chi connectivity index (χ2n) is 3.66. The largest absolute Gasteiger partial charge is 0.496 e. The number of ether oxygens (including phenoxy) is 2. The smallest absolute Gasteiger partial charge is 0.419 e. The molecule has 2 nitrogen and oxygen atoms in total. The molecule has 5 heteroatoms. The van der Waals surface area contributed by atoms with Crippen LogP contribution in [0.15, 0.2) is 18.2 Å². The van der Waals surface area contributed by atoms with Crippen molar-refractivity contribution in [3.63, 3.8) is 0 Å². The van der Waals surface area contributed by atoms with E-state index >= 15 is 0 Å². The first-order valence-corrected chi connectivity index (χ1v) is 4.87. The van der Waals surface area contributed by atoms with Gasteiger partial charge in [-0.15, -0.1) is 0 Å². The Morgan fingerprint density at radius 2 is 2.12 bits per heavy atom. The first-order valence-electron chi connectivity index (χ1n) is 4.87. The zero-order valence-electron chi connectivity index (χ0n) is 8.67. The number of epoxide rings is 1. The number of halogens is 3. The van der Waals surface area contributed by atoms with Crippen molar-refractivity contribution in [2.45, 2.75) is 18.7 Å². The summed E-state index contributed by atoms with van der Waals surface area (Å²) in [7, 11) is 1.25. The van der Waals surface area contributed by atoms with Gasteiger partial charge in [-0.25, -0.2) is 0 Å². The summed E-state index contributed by atoms with van der Waals surface area (Å²) in [5.41, 5.74) is -0.187. The van der Waals surface area contributed by atoms with Gasteiger partial charge in [0.15, 0.2) is 0 Å². The Kier molecular flexibility index (Phi) is 2.80. The predicted molar refractivity (Wildman–Crippen MR) is 51.4 cm³/mol. The fraction of sp³-hybridized carbons (Fsp3) is 0.455. The molecule has 0 aromatic heterocycles. The van der Waals surface area contributed by atoms with Crippen molar-refractivity contribution in [1.82, 2.24) is 0 Å². The van der Waals surface area contributed by atoms with Crippen LogP contribution in [0.3, 0.4) is 0 Å². The van der Waals surface area contributed by atoms with Crippen molar-refractivity contribution >= 4 is 0 Å². The zero-order chi connectivity index (χ0) is 11.8. The minimum absolute atomic E-state index is 0.0392. The lowest BCUT2D eigenvalue weighted by molar-refractivity contribution is -0.138. The normalized spacial score (nSPS) is 19.6. The van der Waals surface area contributed by atoms with E-state index in [0.29, 0.717) is 18.6 Å². The third-order valence-electron chi connectivity index (χ3n) is 2.46. The molecular weight excluding hydrogens is 221 g/mol. The van der Waals surface area contributed by atoms with Gasteiger partial charge in [0.2, 0.25) is 0 Å². The van der Waals surface area contributed by atoms with E-state index in [-0.39, 0.29) is 11.9 Å². The summed E-state index contributed by atoms with van der Waals surface area (Å²) in [5.74, 6) is -0.0921. The lowest BCUT2D eigenvalue weighted by Gasteiger charge is -2.15. The summed E-state index contributed by atoms with van der Waals surface area (Å²) in [6.07, 6.45) is -3.88. The Hall–Kier alpha value is -1.23. The molecule has 1 fully saturated rings. The summed E-state index contributed by atoms with van der Waals surface area (Å²) in [4.78, 5) is 0. The maximum absolute atomic E-state index is 12.7. The molecule has 1 aromatic carbocycles. The number of methoxy groups -OCH3 is 1. The number of benzene rings is 1. The molecule has 0 amide bonds. The fourth-order valence-corrected chi connectivity index (χ4v) is 1.64. The van der Waals surface area contributed by atoms with Crippen LogP contribution in [0.1, 0.15) is 11.1 Å². The average molecular weight is 232 g/mol. The SMILES string of the molecule is COc1c(CC2CO2)cccc1C(F)(F)F. The molecule has 16 heavy (non-hydrogen) atoms. The highest BCUT2D eigenvalue weighted by atomic mass is 19.4. The van der Waals surface area contributed by atoms with Crippen molar-refractivity contribution in [3.8, 4) is 5.75 Å². The van der Waals surface area contributed by atoms with Crippen LogP contribution >= 0.6 is 0 Å². The third kappa shape index (κ3) is 2.29. The maximum Gasteiger partial charge on any atom is 0.419 e. The summed E-state index contributed by atoms with van der Waals surface area (Å²) < 4.78 is 47.8. The molecule has 1 unspecified atom stereocenters. The summed E-state index contributed by atoms with van der Waals surface area (Å²) in [5, 5.41) is 0. The Balaban J connectivity index is 2.37. The van der Waals surface area contributed by atoms with Crippen molar-refractivity contribution in [1.29, 1.82) is 0 Å². The molecule has 2 rings (SSSR count). The van der Waals surface area contributed by atoms with Crippen LogP contribution in [-0.2, 0) is 17.3 Å². The highest BCUT2D eigenvalue weighted by molar-refractivity contribution is 5.43. The van der Waals surface area contributed by atoms with E-state index in [1.54, 1.807) is 6.07 Å². The van der Waals surface area contributed by atoms with Gasteiger partial charge in [-0.2, -0.15) is 13.2 Å². The quantitative estimate of drug-likeness (QED) is 0.747. The molecule has 0 bridgehead atoms. The number of hydrogen-bond acceptors (Lipinski definition) is 2. The monoisotopic (exact) mass is 232 g/mol. The van der Waals surface area contributed by atoms with E-state index in [9.17, 15) is 13.2 Å². The van der Waals surface area contributed by atoms with Crippen molar-refractivity contribution in [3.05, 3.63) is 29.3 Å². The molecule has 1 aliphatic heterocycles. The molecule has 0 N–H and O–H groups in total. The minimum atomic E-state index is -4.38. The fourth-order valence-electron chi connectivity index (χ4n) is 1.64. The lowest BCUT2D eigenvalue weighted by Crippen LogP contribution is -2.09. The van der Waals surface area contributed by atoms with Crippen LogP contribution in [0.2, 0.25) is 0 Å². The second kappa shape index (κ2) is 3.97. The third-order valence-corrected chi connectivity index (χ3v) is 2.46. The standard InChI is InChI=1S/C11H11F3O2/c1-15-10-7(5-8-6-16-8)3-2-4-9(10)11(12,13)14/h2-4,8H,5-6H2,1H3. The van der Waals surface area contributed by atoms with Gasteiger partial charge in [0, 0.05) is 6.42 Å². The Bertz CT molecular complexity index is 383. The number of alkyl halides is 3. The number of rotatable bonds is 3. The van der Waals surface area contributed by atoms with Gasteiger partial charge >= 0.3 is 6.18 Å². The van der Waals surface area contributed by atoms with Crippen LogP contribution < -0.4 is 4.74 Å². The van der Waals surface area contributed by atoms with E-state index in [1.807, 2.05) is 0 Å². The van der Waals surface area contributed by atoms with E-state index in [1.165, 1.54) is 13.2 Å². The van der Waals surface area contributed by atoms with Gasteiger partial charge < -0.3 is 9.47 Å². The molecule has 0 aliphatic carbocycles. The minimum Gasteiger partial charge on any atom is -0.496 e. The van der Waals surface area contributed by atoms with Crippen molar-refractivity contribution in [2.75, 3.05) is 13.7 Å². The molecular formula is C11H11F3O2. The number of hydrogen-bond donors (Lipinski definition) is 0. The number of para-hydroxylation sites is 1. The second-order valence-corrected chi connectivity index (χ2v) is 3.66. The molecule has 0 spiro atoms. The summed E-state index contributed by atoms with van der Waals surface area (Å²) >= 11 is 0. The van der Waals surface area contributed by atoms with Gasteiger partial charge in [0.1, 0.15) is 5.75 Å². The van der Waals surface area contributed by atoms with Crippen LogP contribution in [0.5, 0.6) is 5.75 Å². The van der Waals surface area contributed by atoms with Crippen LogP contribution in [-0.4, -0.2) is 19.8 Å². The van der Waals surface area contributed by atoms with Gasteiger partial charge in [-0.1, -0.05) is 12.1 Å². The Labute approximate surface area is 91.0 Å². The molecule has 1 aliphatic rings.